The van der Waals surface area contributed by atoms with E-state index < -0.39 is 12.7 Å². The van der Waals surface area contributed by atoms with Gasteiger partial charge >= 0.3 is 6.18 Å². The summed E-state index contributed by atoms with van der Waals surface area (Å²) in [6.07, 6.45) is -3.43. The number of guanidine groups is 1. The Balaban J connectivity index is 0.00000529. The molecule has 0 aromatic rings. The van der Waals surface area contributed by atoms with Gasteiger partial charge in [0, 0.05) is 45.3 Å². The number of nitrogens with one attached hydrogen (secondary N) is 2. The first kappa shape index (κ1) is 23.7. The van der Waals surface area contributed by atoms with Crippen LogP contribution in [0.2, 0.25) is 0 Å². The van der Waals surface area contributed by atoms with E-state index in [1.165, 1.54) is 4.90 Å². The molecule has 0 aliphatic carbocycles. The standard InChI is InChI=1S/C15H30F3N5.HI/c1-5-23(12(2)3)9-7-20-14(19-4)21-13-6-8-22(10-13)11-15(16,17)18;/h12-13H,5-11H2,1-4H3,(H2,19,20,21);1H. The predicted molar refractivity (Wildman–Crippen MR) is 103 cm³/mol. The van der Waals surface area contributed by atoms with Gasteiger partial charge in [-0.25, -0.2) is 0 Å². The van der Waals surface area contributed by atoms with E-state index in [-0.39, 0.29) is 30.0 Å². The molecule has 0 saturated carbocycles. The third-order valence-corrected chi connectivity index (χ3v) is 4.07. The molecule has 1 atom stereocenters. The van der Waals surface area contributed by atoms with Crippen LogP contribution in [0.1, 0.15) is 27.2 Å². The number of likely N-dealkylation sites (tertiary alicyclic amines) is 1. The van der Waals surface area contributed by atoms with Gasteiger partial charge in [0.05, 0.1) is 6.54 Å². The van der Waals surface area contributed by atoms with Crippen LogP contribution in [-0.2, 0) is 0 Å². The van der Waals surface area contributed by atoms with Gasteiger partial charge in [-0.1, -0.05) is 6.92 Å². The first-order chi connectivity index (χ1) is 10.7. The highest BCUT2D eigenvalue weighted by molar-refractivity contribution is 14.0. The normalized spacial score (nSPS) is 19.7. The van der Waals surface area contributed by atoms with Gasteiger partial charge < -0.3 is 10.6 Å². The highest BCUT2D eigenvalue weighted by Gasteiger charge is 2.34. The average Bonchev–Trinajstić information content (AvgIpc) is 2.86. The van der Waals surface area contributed by atoms with E-state index in [4.69, 9.17) is 0 Å². The smallest absolute Gasteiger partial charge is 0.355 e. The molecule has 2 N–H and O–H groups in total. The fraction of sp³-hybridized carbons (Fsp3) is 0.933. The second-order valence-electron chi connectivity index (χ2n) is 6.20. The minimum absolute atomic E-state index is 0. The molecule has 9 heteroatoms. The van der Waals surface area contributed by atoms with E-state index in [9.17, 15) is 13.2 Å². The molecule has 1 aliphatic rings. The third-order valence-electron chi connectivity index (χ3n) is 4.07. The molecular weight excluding hydrogens is 434 g/mol. The fourth-order valence-electron chi connectivity index (χ4n) is 2.83. The van der Waals surface area contributed by atoms with Gasteiger partial charge in [-0.05, 0) is 26.8 Å². The lowest BCUT2D eigenvalue weighted by Crippen LogP contribution is -2.47. The van der Waals surface area contributed by atoms with E-state index in [0.717, 1.165) is 19.6 Å². The van der Waals surface area contributed by atoms with Crippen molar-refractivity contribution < 1.29 is 13.2 Å². The van der Waals surface area contributed by atoms with Crippen molar-refractivity contribution in [2.75, 3.05) is 46.3 Å². The zero-order valence-corrected chi connectivity index (χ0v) is 17.3. The van der Waals surface area contributed by atoms with Crippen LogP contribution < -0.4 is 10.6 Å². The number of rotatable bonds is 7. The zero-order chi connectivity index (χ0) is 17.5. The minimum Gasteiger partial charge on any atom is -0.355 e. The monoisotopic (exact) mass is 465 g/mol. The Bertz CT molecular complexity index is 377. The van der Waals surface area contributed by atoms with Crippen molar-refractivity contribution >= 4 is 29.9 Å². The Kier molecular flexibility index (Phi) is 11.2. The van der Waals surface area contributed by atoms with Crippen molar-refractivity contribution in [3.8, 4) is 0 Å². The first-order valence-electron chi connectivity index (χ1n) is 8.25. The minimum atomic E-state index is -4.13. The summed E-state index contributed by atoms with van der Waals surface area (Å²) in [5, 5.41) is 6.45. The first-order valence-corrected chi connectivity index (χ1v) is 8.25. The van der Waals surface area contributed by atoms with Gasteiger partial charge in [0.1, 0.15) is 0 Å². The SMILES string of the molecule is CCN(CCNC(=NC)NC1CCN(CC(F)(F)F)C1)C(C)C.I. The van der Waals surface area contributed by atoms with Crippen LogP contribution in [0, 0.1) is 0 Å². The predicted octanol–water partition coefficient (Wildman–Crippen LogP) is 2.14. The Morgan fingerprint density at radius 3 is 2.54 bits per heavy atom. The Labute approximate surface area is 160 Å². The van der Waals surface area contributed by atoms with E-state index in [1.54, 1.807) is 7.05 Å². The molecule has 5 nitrogen and oxygen atoms in total. The highest BCUT2D eigenvalue weighted by Crippen LogP contribution is 2.19. The van der Waals surface area contributed by atoms with E-state index in [2.05, 4.69) is 41.3 Å². The van der Waals surface area contributed by atoms with Crippen molar-refractivity contribution in [3.05, 3.63) is 0 Å². The lowest BCUT2D eigenvalue weighted by Gasteiger charge is -2.25. The second kappa shape index (κ2) is 11.3. The van der Waals surface area contributed by atoms with E-state index in [0.29, 0.717) is 31.5 Å². The van der Waals surface area contributed by atoms with Crippen LogP contribution >= 0.6 is 24.0 Å². The molecule has 0 aromatic carbocycles. The van der Waals surface area contributed by atoms with Gasteiger partial charge in [-0.15, -0.1) is 24.0 Å². The van der Waals surface area contributed by atoms with Crippen molar-refractivity contribution in [1.29, 1.82) is 0 Å². The molecule has 1 heterocycles. The van der Waals surface area contributed by atoms with Gasteiger partial charge in [-0.2, -0.15) is 13.2 Å². The fourth-order valence-corrected chi connectivity index (χ4v) is 2.83. The summed E-state index contributed by atoms with van der Waals surface area (Å²) in [6, 6.07) is 0.499. The summed E-state index contributed by atoms with van der Waals surface area (Å²) in [4.78, 5) is 7.92. The zero-order valence-electron chi connectivity index (χ0n) is 15.0. The Morgan fingerprint density at radius 2 is 2.04 bits per heavy atom. The third kappa shape index (κ3) is 9.26. The largest absolute Gasteiger partial charge is 0.401 e. The number of hydrogen-bond acceptors (Lipinski definition) is 3. The van der Waals surface area contributed by atoms with Gasteiger partial charge in [0.15, 0.2) is 5.96 Å². The lowest BCUT2D eigenvalue weighted by atomic mass is 10.3. The molecule has 0 aromatic heterocycles. The lowest BCUT2D eigenvalue weighted by molar-refractivity contribution is -0.143. The van der Waals surface area contributed by atoms with Gasteiger partial charge in [-0.3, -0.25) is 14.8 Å². The van der Waals surface area contributed by atoms with Crippen LogP contribution in [0.3, 0.4) is 0 Å². The van der Waals surface area contributed by atoms with Crippen molar-refractivity contribution in [3.63, 3.8) is 0 Å². The van der Waals surface area contributed by atoms with Crippen LogP contribution in [-0.4, -0.2) is 80.3 Å². The molecule has 24 heavy (non-hydrogen) atoms. The summed E-state index contributed by atoms with van der Waals surface area (Å²) in [5.41, 5.74) is 0. The number of nitrogens with zero attached hydrogens (tertiary/aromatic N) is 3. The maximum Gasteiger partial charge on any atom is 0.401 e. The maximum atomic E-state index is 12.4. The molecular formula is C15H31F3IN5. The molecule has 0 amide bonds. The van der Waals surface area contributed by atoms with Gasteiger partial charge in [0.25, 0.3) is 0 Å². The Hall–Kier alpha value is -0.290. The summed E-state index contributed by atoms with van der Waals surface area (Å²) >= 11 is 0. The topological polar surface area (TPSA) is 42.9 Å². The van der Waals surface area contributed by atoms with Crippen LogP contribution in [0.5, 0.6) is 0 Å². The van der Waals surface area contributed by atoms with Crippen molar-refractivity contribution in [2.45, 2.75) is 45.5 Å². The van der Waals surface area contributed by atoms with E-state index >= 15 is 0 Å². The van der Waals surface area contributed by atoms with Crippen LogP contribution in [0.15, 0.2) is 4.99 Å². The number of hydrogen-bond donors (Lipinski definition) is 2. The second-order valence-corrected chi connectivity index (χ2v) is 6.20. The van der Waals surface area contributed by atoms with Crippen molar-refractivity contribution in [1.82, 2.24) is 20.4 Å². The summed E-state index contributed by atoms with van der Waals surface area (Å²) in [5.74, 6) is 0.656. The van der Waals surface area contributed by atoms with Crippen LogP contribution in [0.25, 0.3) is 0 Å². The molecule has 0 bridgehead atoms. The molecule has 144 valence electrons. The van der Waals surface area contributed by atoms with Gasteiger partial charge in [0.2, 0.25) is 0 Å². The quantitative estimate of drug-likeness (QED) is 0.344. The number of likely N-dealkylation sites (N-methyl/N-ethyl adjacent to an activating group) is 1. The summed E-state index contributed by atoms with van der Waals surface area (Å²) in [6.45, 7) is 9.11. The average molecular weight is 465 g/mol. The maximum absolute atomic E-state index is 12.4. The molecule has 1 saturated heterocycles. The number of alkyl halides is 3. The molecule has 0 spiro atoms. The summed E-state index contributed by atoms with van der Waals surface area (Å²) < 4.78 is 37.2. The number of aliphatic imine (C=N–C) groups is 1. The molecule has 1 rings (SSSR count). The Morgan fingerprint density at radius 1 is 1.38 bits per heavy atom. The molecule has 1 unspecified atom stereocenters. The van der Waals surface area contributed by atoms with Crippen LogP contribution in [0.4, 0.5) is 13.2 Å². The van der Waals surface area contributed by atoms with Crippen molar-refractivity contribution in [2.24, 2.45) is 4.99 Å². The molecule has 1 fully saturated rings. The number of halogens is 4. The summed E-state index contributed by atoms with van der Waals surface area (Å²) in [7, 11) is 1.68. The van der Waals surface area contributed by atoms with E-state index in [1.807, 2.05) is 0 Å². The molecule has 0 radical (unpaired) electrons. The molecule has 1 aliphatic heterocycles. The highest BCUT2D eigenvalue weighted by atomic mass is 127.